The van der Waals surface area contributed by atoms with Gasteiger partial charge in [0.05, 0.1) is 11.1 Å². The average Bonchev–Trinajstić information content (AvgIpc) is 2.61. The Bertz CT molecular complexity index is 404. The highest BCUT2D eigenvalue weighted by molar-refractivity contribution is 6.22. The Balaban J connectivity index is 2.34. The largest absolute Gasteiger partial charge is 0.266 e. The molecule has 0 bridgehead atoms. The molecule has 0 N–H and O–H groups in total. The zero-order valence-electron chi connectivity index (χ0n) is 10.2. The van der Waals surface area contributed by atoms with Crippen LogP contribution in [0.1, 0.15) is 39.3 Å². The maximum Gasteiger partial charge on any atom is 0.0639 e. The number of hydrogen-bond acceptors (Lipinski definition) is 1. The first kappa shape index (κ1) is 11.7. The normalized spacial score (nSPS) is 24.2. The fourth-order valence-corrected chi connectivity index (χ4v) is 3.05. The van der Waals surface area contributed by atoms with Crippen molar-refractivity contribution in [3.05, 3.63) is 24.0 Å². The lowest BCUT2D eigenvalue weighted by Crippen LogP contribution is -2.22. The molecule has 0 saturated carbocycles. The first-order valence-corrected chi connectivity index (χ1v) is 6.32. The van der Waals surface area contributed by atoms with Crippen molar-refractivity contribution >= 4 is 17.2 Å². The molecule has 0 aromatic carbocycles. The van der Waals surface area contributed by atoms with E-state index in [-0.39, 0.29) is 5.38 Å². The van der Waals surface area contributed by atoms with Gasteiger partial charge in [0, 0.05) is 12.7 Å². The van der Waals surface area contributed by atoms with E-state index in [4.69, 9.17) is 11.6 Å². The third kappa shape index (κ3) is 2.32. The van der Waals surface area contributed by atoms with E-state index in [1.54, 1.807) is 0 Å². The van der Waals surface area contributed by atoms with Gasteiger partial charge in [-0.25, -0.2) is 0 Å². The Morgan fingerprint density at radius 2 is 2.31 bits per heavy atom. The van der Waals surface area contributed by atoms with Gasteiger partial charge in [-0.15, -0.1) is 11.6 Å². The van der Waals surface area contributed by atoms with Crippen LogP contribution in [0.2, 0.25) is 0 Å². The van der Waals surface area contributed by atoms with E-state index in [1.165, 1.54) is 11.3 Å². The Labute approximate surface area is 102 Å². The molecule has 1 atom stereocenters. The van der Waals surface area contributed by atoms with Crippen molar-refractivity contribution in [3.63, 3.8) is 0 Å². The lowest BCUT2D eigenvalue weighted by Gasteiger charge is -2.32. The van der Waals surface area contributed by atoms with E-state index in [2.05, 4.69) is 38.0 Å². The minimum atomic E-state index is 0.152. The lowest BCUT2D eigenvalue weighted by molar-refractivity contribution is 0.339. The van der Waals surface area contributed by atoms with Crippen LogP contribution in [0, 0.1) is 5.41 Å². The minimum absolute atomic E-state index is 0.152. The second kappa shape index (κ2) is 4.25. The number of aryl methyl sites for hydroxylation is 1. The third-order valence-electron chi connectivity index (χ3n) is 3.14. The predicted molar refractivity (Wildman–Crippen MR) is 68.5 cm³/mol. The molecule has 0 aliphatic heterocycles. The predicted octanol–water partition coefficient (Wildman–Crippen LogP) is 3.71. The van der Waals surface area contributed by atoms with Crippen LogP contribution in [0.4, 0.5) is 0 Å². The summed E-state index contributed by atoms with van der Waals surface area (Å²) in [6.45, 7) is 7.58. The molecule has 88 valence electrons. The second-order valence-corrected chi connectivity index (χ2v) is 5.85. The summed E-state index contributed by atoms with van der Waals surface area (Å²) in [4.78, 5) is 0. The highest BCUT2D eigenvalue weighted by atomic mass is 35.5. The summed E-state index contributed by atoms with van der Waals surface area (Å²) in [6.07, 6.45) is 6.20. The highest BCUT2D eigenvalue weighted by Crippen LogP contribution is 2.40. The van der Waals surface area contributed by atoms with Crippen LogP contribution in [-0.4, -0.2) is 15.2 Å². The van der Waals surface area contributed by atoms with Crippen molar-refractivity contribution in [3.8, 4) is 0 Å². The van der Waals surface area contributed by atoms with Crippen LogP contribution >= 0.6 is 11.6 Å². The number of aromatic nitrogens is 2. The van der Waals surface area contributed by atoms with Gasteiger partial charge in [-0.2, -0.15) is 5.10 Å². The lowest BCUT2D eigenvalue weighted by atomic mass is 9.76. The summed E-state index contributed by atoms with van der Waals surface area (Å²) in [6, 6.07) is 2.08. The molecule has 1 unspecified atom stereocenters. The summed E-state index contributed by atoms with van der Waals surface area (Å²) in [5.41, 5.74) is 2.86. The van der Waals surface area contributed by atoms with Gasteiger partial charge < -0.3 is 0 Å². The third-order valence-corrected chi connectivity index (χ3v) is 3.42. The van der Waals surface area contributed by atoms with Gasteiger partial charge in [0.15, 0.2) is 0 Å². The van der Waals surface area contributed by atoms with E-state index < -0.39 is 0 Å². The van der Waals surface area contributed by atoms with Gasteiger partial charge in [0.2, 0.25) is 0 Å². The van der Waals surface area contributed by atoms with E-state index >= 15 is 0 Å². The van der Waals surface area contributed by atoms with Crippen molar-refractivity contribution in [1.29, 1.82) is 0 Å². The number of allylic oxidation sites excluding steroid dienone is 2. The average molecular weight is 239 g/mol. The molecule has 1 heterocycles. The monoisotopic (exact) mass is 238 g/mol. The van der Waals surface area contributed by atoms with Gasteiger partial charge in [-0.1, -0.05) is 19.9 Å². The molecule has 0 amide bonds. The molecular weight excluding hydrogens is 220 g/mol. The molecular formula is C13H19ClN2. The Morgan fingerprint density at radius 3 is 2.94 bits per heavy atom. The SMILES string of the molecule is CCn1nccc1C1=CC(Cl)CC(C)(C)C1. The smallest absolute Gasteiger partial charge is 0.0639 e. The van der Waals surface area contributed by atoms with Crippen molar-refractivity contribution in [2.24, 2.45) is 5.41 Å². The Kier molecular flexibility index (Phi) is 3.11. The fraction of sp³-hybridized carbons (Fsp3) is 0.615. The molecule has 2 rings (SSSR count). The van der Waals surface area contributed by atoms with Gasteiger partial charge in [-0.3, -0.25) is 4.68 Å². The minimum Gasteiger partial charge on any atom is -0.266 e. The standard InChI is InChI=1S/C13H19ClN2/c1-4-16-12(5-6-15-16)10-7-11(14)9-13(2,3)8-10/h5-7,11H,4,8-9H2,1-3H3. The summed E-state index contributed by atoms with van der Waals surface area (Å²) in [7, 11) is 0. The molecule has 3 heteroatoms. The molecule has 0 spiro atoms. The summed E-state index contributed by atoms with van der Waals surface area (Å²) in [5.74, 6) is 0. The number of alkyl halides is 1. The second-order valence-electron chi connectivity index (χ2n) is 5.29. The van der Waals surface area contributed by atoms with Crippen molar-refractivity contribution in [2.75, 3.05) is 0 Å². The van der Waals surface area contributed by atoms with Crippen LogP contribution in [0.25, 0.3) is 5.57 Å². The van der Waals surface area contributed by atoms with E-state index in [0.29, 0.717) is 5.41 Å². The van der Waals surface area contributed by atoms with Crippen LogP contribution in [-0.2, 0) is 6.54 Å². The van der Waals surface area contributed by atoms with Crippen molar-refractivity contribution in [1.82, 2.24) is 9.78 Å². The number of rotatable bonds is 2. The first-order valence-electron chi connectivity index (χ1n) is 5.89. The van der Waals surface area contributed by atoms with E-state index in [9.17, 15) is 0 Å². The summed E-state index contributed by atoms with van der Waals surface area (Å²) >= 11 is 6.30. The zero-order chi connectivity index (χ0) is 11.8. The molecule has 2 nitrogen and oxygen atoms in total. The maximum atomic E-state index is 6.30. The highest BCUT2D eigenvalue weighted by Gasteiger charge is 2.29. The summed E-state index contributed by atoms with van der Waals surface area (Å²) < 4.78 is 2.04. The number of hydrogen-bond donors (Lipinski definition) is 0. The molecule has 1 aromatic rings. The zero-order valence-corrected chi connectivity index (χ0v) is 11.0. The molecule has 16 heavy (non-hydrogen) atoms. The van der Waals surface area contributed by atoms with Gasteiger partial charge in [0.25, 0.3) is 0 Å². The maximum absolute atomic E-state index is 6.30. The van der Waals surface area contributed by atoms with Crippen LogP contribution < -0.4 is 0 Å². The Hall–Kier alpha value is -0.760. The molecule has 0 radical (unpaired) electrons. The Morgan fingerprint density at radius 1 is 1.56 bits per heavy atom. The topological polar surface area (TPSA) is 17.8 Å². The number of nitrogens with zero attached hydrogens (tertiary/aromatic N) is 2. The fourth-order valence-electron chi connectivity index (χ4n) is 2.49. The number of halogens is 1. The van der Waals surface area contributed by atoms with Crippen molar-refractivity contribution in [2.45, 2.75) is 45.5 Å². The first-order chi connectivity index (χ1) is 7.52. The van der Waals surface area contributed by atoms with E-state index in [0.717, 1.165) is 19.4 Å². The quantitative estimate of drug-likeness (QED) is 0.719. The van der Waals surface area contributed by atoms with Gasteiger partial charge in [0.1, 0.15) is 0 Å². The van der Waals surface area contributed by atoms with Crippen LogP contribution in [0.15, 0.2) is 18.3 Å². The molecule has 1 aromatic heterocycles. The van der Waals surface area contributed by atoms with Crippen molar-refractivity contribution < 1.29 is 0 Å². The molecule has 1 aliphatic carbocycles. The molecule has 0 fully saturated rings. The van der Waals surface area contributed by atoms with Crippen LogP contribution in [0.5, 0.6) is 0 Å². The van der Waals surface area contributed by atoms with E-state index in [1.807, 2.05) is 10.9 Å². The van der Waals surface area contributed by atoms with Gasteiger partial charge >= 0.3 is 0 Å². The van der Waals surface area contributed by atoms with Crippen LogP contribution in [0.3, 0.4) is 0 Å². The van der Waals surface area contributed by atoms with Gasteiger partial charge in [-0.05, 0) is 36.8 Å². The molecule has 0 saturated heterocycles. The summed E-state index contributed by atoms with van der Waals surface area (Å²) in [5, 5.41) is 4.47. The molecule has 1 aliphatic rings.